The fraction of sp³-hybridized carbons (Fsp3) is 0.556. The van der Waals surface area contributed by atoms with E-state index < -0.39 is 22.8 Å². The number of fused-ring (bicyclic) bond motifs is 1. The molecule has 0 spiro atoms. The van der Waals surface area contributed by atoms with Gasteiger partial charge in [-0.05, 0) is 20.8 Å². The normalized spacial score (nSPS) is 24.3. The zero-order valence-electron chi connectivity index (χ0n) is 15.7. The lowest BCUT2D eigenvalue weighted by Crippen LogP contribution is -2.76. The van der Waals surface area contributed by atoms with Crippen LogP contribution in [0.4, 0.5) is 0 Å². The van der Waals surface area contributed by atoms with Gasteiger partial charge in [0.05, 0.1) is 23.1 Å². The number of ether oxygens (including phenoxy) is 1. The van der Waals surface area contributed by atoms with Gasteiger partial charge in [0.15, 0.2) is 5.65 Å². The molecule has 2 unspecified atom stereocenters. The molecule has 1 amide bonds. The lowest BCUT2D eigenvalue weighted by atomic mass is 9.54. The molecule has 1 fully saturated rings. The summed E-state index contributed by atoms with van der Waals surface area (Å²) in [5, 5.41) is 16.9. The highest BCUT2D eigenvalue weighted by molar-refractivity contribution is 5.99. The largest absolute Gasteiger partial charge is 0.479 e. The third-order valence-corrected chi connectivity index (χ3v) is 5.55. The van der Waals surface area contributed by atoms with Crippen LogP contribution in [0.15, 0.2) is 12.3 Å². The number of aryl methyl sites for hydroxylation is 2. The summed E-state index contributed by atoms with van der Waals surface area (Å²) in [6.07, 6.45) is 1.46. The van der Waals surface area contributed by atoms with Crippen molar-refractivity contribution < 1.29 is 19.4 Å². The maximum Gasteiger partial charge on any atom is 0.330 e. The van der Waals surface area contributed by atoms with Gasteiger partial charge in [-0.15, -0.1) is 0 Å². The van der Waals surface area contributed by atoms with Crippen LogP contribution in [0.3, 0.4) is 0 Å². The van der Waals surface area contributed by atoms with Gasteiger partial charge in [-0.3, -0.25) is 4.79 Å². The van der Waals surface area contributed by atoms with Crippen molar-refractivity contribution in [1.82, 2.24) is 19.9 Å². The molecular formula is C18H24N4O4. The molecule has 0 radical (unpaired) electrons. The highest BCUT2D eigenvalue weighted by Crippen LogP contribution is 2.51. The zero-order chi connectivity index (χ0) is 19.3. The fourth-order valence-corrected chi connectivity index (χ4v) is 3.68. The Morgan fingerprint density at radius 1 is 1.42 bits per heavy atom. The summed E-state index contributed by atoms with van der Waals surface area (Å²) in [6, 6.07) is 1.81. The first-order valence-corrected chi connectivity index (χ1v) is 8.63. The summed E-state index contributed by atoms with van der Waals surface area (Å²) in [5.41, 5.74) is 0.227. The van der Waals surface area contributed by atoms with E-state index in [-0.39, 0.29) is 12.5 Å². The standard InChI is InChI=1S/C18H24N4O4/c1-6-26-13-8-18(16(24)25,17(13,4)5)20-15(23)12-9-19-14-7-10(2)21-22(14)11(12)3/h7,9,13H,6,8H2,1-5H3,(H,20,23)(H,24,25). The van der Waals surface area contributed by atoms with Crippen molar-refractivity contribution in [2.75, 3.05) is 6.61 Å². The van der Waals surface area contributed by atoms with Gasteiger partial charge < -0.3 is 15.2 Å². The second-order valence-electron chi connectivity index (χ2n) is 7.35. The van der Waals surface area contributed by atoms with E-state index in [1.54, 1.807) is 25.3 Å². The molecule has 0 saturated heterocycles. The van der Waals surface area contributed by atoms with Crippen LogP contribution in [0.5, 0.6) is 0 Å². The molecule has 2 atom stereocenters. The molecule has 26 heavy (non-hydrogen) atoms. The number of nitrogens with zero attached hydrogens (tertiary/aromatic N) is 3. The molecule has 8 nitrogen and oxygen atoms in total. The number of hydrogen-bond acceptors (Lipinski definition) is 5. The Bertz CT molecular complexity index is 889. The minimum absolute atomic E-state index is 0.223. The SMILES string of the molecule is CCOC1CC(NC(=O)c2cnc3cc(C)nn3c2C)(C(=O)O)C1(C)C. The minimum atomic E-state index is -1.38. The summed E-state index contributed by atoms with van der Waals surface area (Å²) in [4.78, 5) is 29.2. The molecule has 2 heterocycles. The average molecular weight is 360 g/mol. The van der Waals surface area contributed by atoms with E-state index >= 15 is 0 Å². The summed E-state index contributed by atoms with van der Waals surface area (Å²) in [7, 11) is 0. The summed E-state index contributed by atoms with van der Waals surface area (Å²) in [5.74, 6) is -1.54. The number of carbonyl (C=O) groups is 2. The van der Waals surface area contributed by atoms with Crippen molar-refractivity contribution in [2.24, 2.45) is 5.41 Å². The van der Waals surface area contributed by atoms with Crippen molar-refractivity contribution in [3.8, 4) is 0 Å². The molecule has 1 saturated carbocycles. The van der Waals surface area contributed by atoms with Crippen molar-refractivity contribution in [1.29, 1.82) is 0 Å². The molecule has 3 rings (SSSR count). The molecule has 2 aromatic rings. The number of carboxylic acid groups (broad SMARTS) is 1. The second-order valence-corrected chi connectivity index (χ2v) is 7.35. The van der Waals surface area contributed by atoms with Gasteiger partial charge in [0.25, 0.3) is 5.91 Å². The highest BCUT2D eigenvalue weighted by Gasteiger charge is 2.66. The molecule has 8 heteroatoms. The zero-order valence-corrected chi connectivity index (χ0v) is 15.7. The van der Waals surface area contributed by atoms with E-state index in [4.69, 9.17) is 4.74 Å². The molecular weight excluding hydrogens is 336 g/mol. The van der Waals surface area contributed by atoms with Crippen LogP contribution in [0.2, 0.25) is 0 Å². The van der Waals surface area contributed by atoms with E-state index in [1.807, 2.05) is 19.9 Å². The van der Waals surface area contributed by atoms with E-state index in [0.29, 0.717) is 23.5 Å². The number of amides is 1. The Morgan fingerprint density at radius 2 is 2.12 bits per heavy atom. The molecule has 0 aromatic carbocycles. The van der Waals surface area contributed by atoms with Gasteiger partial charge in [0.1, 0.15) is 5.54 Å². The summed E-state index contributed by atoms with van der Waals surface area (Å²) in [6.45, 7) is 9.57. The Labute approximate surface area is 151 Å². The smallest absolute Gasteiger partial charge is 0.330 e. The lowest BCUT2D eigenvalue weighted by Gasteiger charge is -2.58. The van der Waals surface area contributed by atoms with Crippen LogP contribution in [0, 0.1) is 19.3 Å². The van der Waals surface area contributed by atoms with Gasteiger partial charge in [-0.1, -0.05) is 13.8 Å². The monoisotopic (exact) mass is 360 g/mol. The third kappa shape index (κ3) is 2.47. The Balaban J connectivity index is 1.93. The van der Waals surface area contributed by atoms with Gasteiger partial charge >= 0.3 is 5.97 Å². The second kappa shape index (κ2) is 6.05. The van der Waals surface area contributed by atoms with Gasteiger partial charge in [0, 0.05) is 30.7 Å². The molecule has 140 valence electrons. The first kappa shape index (κ1) is 18.3. The number of hydrogen-bond donors (Lipinski definition) is 2. The molecule has 2 aromatic heterocycles. The Morgan fingerprint density at radius 3 is 2.69 bits per heavy atom. The molecule has 2 N–H and O–H groups in total. The van der Waals surface area contributed by atoms with Gasteiger partial charge in [-0.2, -0.15) is 5.10 Å². The van der Waals surface area contributed by atoms with Crippen LogP contribution >= 0.6 is 0 Å². The van der Waals surface area contributed by atoms with Crippen LogP contribution in [-0.4, -0.2) is 49.8 Å². The van der Waals surface area contributed by atoms with Crippen molar-refractivity contribution in [3.05, 3.63) is 29.2 Å². The maximum atomic E-state index is 12.9. The number of aromatic nitrogens is 3. The topological polar surface area (TPSA) is 106 Å². The Hall–Kier alpha value is -2.48. The molecule has 0 bridgehead atoms. The summed E-state index contributed by atoms with van der Waals surface area (Å²) >= 11 is 0. The predicted molar refractivity (Wildman–Crippen MR) is 94.1 cm³/mol. The first-order valence-electron chi connectivity index (χ1n) is 8.63. The third-order valence-electron chi connectivity index (χ3n) is 5.55. The van der Waals surface area contributed by atoms with Crippen molar-refractivity contribution in [3.63, 3.8) is 0 Å². The van der Waals surface area contributed by atoms with Crippen molar-refractivity contribution in [2.45, 2.75) is 52.7 Å². The van der Waals surface area contributed by atoms with Crippen LogP contribution in [0.25, 0.3) is 5.65 Å². The molecule has 0 aliphatic heterocycles. The fourth-order valence-electron chi connectivity index (χ4n) is 3.68. The number of carbonyl (C=O) groups excluding carboxylic acids is 1. The van der Waals surface area contributed by atoms with Gasteiger partial charge in [0.2, 0.25) is 0 Å². The number of nitrogens with one attached hydrogen (secondary N) is 1. The summed E-state index contributed by atoms with van der Waals surface area (Å²) < 4.78 is 7.22. The number of carboxylic acids is 1. The Kier molecular flexibility index (Phi) is 4.26. The quantitative estimate of drug-likeness (QED) is 0.841. The lowest BCUT2D eigenvalue weighted by molar-refractivity contribution is -0.190. The first-order chi connectivity index (χ1) is 12.1. The molecule has 1 aliphatic rings. The number of aliphatic carboxylic acids is 1. The maximum absolute atomic E-state index is 12.9. The van der Waals surface area contributed by atoms with E-state index in [0.717, 1.165) is 5.69 Å². The average Bonchev–Trinajstić information content (AvgIpc) is 2.95. The minimum Gasteiger partial charge on any atom is -0.479 e. The predicted octanol–water partition coefficient (Wildman–Crippen LogP) is 1.73. The van der Waals surface area contributed by atoms with Crippen LogP contribution in [0.1, 0.15) is 48.9 Å². The highest BCUT2D eigenvalue weighted by atomic mass is 16.5. The van der Waals surface area contributed by atoms with E-state index in [1.165, 1.54) is 6.20 Å². The molecule has 1 aliphatic carbocycles. The van der Waals surface area contributed by atoms with Gasteiger partial charge in [-0.25, -0.2) is 14.3 Å². The number of rotatable bonds is 5. The van der Waals surface area contributed by atoms with E-state index in [9.17, 15) is 14.7 Å². The van der Waals surface area contributed by atoms with Crippen LogP contribution < -0.4 is 5.32 Å². The van der Waals surface area contributed by atoms with E-state index in [2.05, 4.69) is 15.4 Å². The van der Waals surface area contributed by atoms with Crippen molar-refractivity contribution >= 4 is 17.5 Å². The van der Waals surface area contributed by atoms with Crippen LogP contribution in [-0.2, 0) is 9.53 Å².